The molecule has 118 valence electrons. The Balaban J connectivity index is 3.37. The number of carbonyl (C=O) groups excluding carboxylic acids is 1. The smallest absolute Gasteiger partial charge is 0.333 e. The third-order valence-corrected chi connectivity index (χ3v) is 4.79. The molecular weight excluding hydrogens is 272 g/mol. The minimum atomic E-state index is -0.309. The van der Waals surface area contributed by atoms with Gasteiger partial charge >= 0.3 is 5.97 Å². The Morgan fingerprint density at radius 1 is 1.05 bits per heavy atom. The molecule has 0 saturated carbocycles. The Bertz CT molecular complexity index is 288. The highest BCUT2D eigenvalue weighted by Gasteiger charge is 2.20. The van der Waals surface area contributed by atoms with Crippen LogP contribution >= 0.6 is 0 Å². The van der Waals surface area contributed by atoms with Gasteiger partial charge in [0.25, 0.3) is 0 Å². The standard InChI is InChI=1S/C15H30O4Si/c1-13(2)14(16)19-12-10-8-6-5-7-9-11-15(20,17-3)18-4/h1,5-12H2,2-4,20H3. The second-order valence-electron chi connectivity index (χ2n) is 5.33. The van der Waals surface area contributed by atoms with Gasteiger partial charge in [-0.2, -0.15) is 0 Å². The lowest BCUT2D eigenvalue weighted by molar-refractivity contribution is -0.146. The Kier molecular flexibility index (Phi) is 10.7. The van der Waals surface area contributed by atoms with Gasteiger partial charge in [0.05, 0.1) is 16.8 Å². The topological polar surface area (TPSA) is 44.8 Å². The molecule has 0 amide bonds. The summed E-state index contributed by atoms with van der Waals surface area (Å²) in [5.74, 6) is -0.285. The number of hydrogen-bond donors (Lipinski definition) is 0. The first-order chi connectivity index (χ1) is 9.45. The second kappa shape index (κ2) is 11.1. The Morgan fingerprint density at radius 3 is 2.05 bits per heavy atom. The number of methoxy groups -OCH3 is 2. The molecule has 0 bridgehead atoms. The zero-order chi connectivity index (χ0) is 15.4. The Labute approximate surface area is 126 Å². The van der Waals surface area contributed by atoms with Crippen LogP contribution in [0.25, 0.3) is 0 Å². The molecule has 0 aliphatic heterocycles. The molecule has 0 unspecified atom stereocenters. The van der Waals surface area contributed by atoms with Crippen molar-refractivity contribution in [3.05, 3.63) is 12.2 Å². The third kappa shape index (κ3) is 9.28. The molecule has 0 aromatic rings. The molecule has 0 atom stereocenters. The summed E-state index contributed by atoms with van der Waals surface area (Å²) in [5.41, 5.74) is 0.157. The Hall–Kier alpha value is -0.653. The van der Waals surface area contributed by atoms with Gasteiger partial charge in [0, 0.05) is 19.8 Å². The van der Waals surface area contributed by atoms with Crippen LogP contribution in [-0.2, 0) is 19.0 Å². The minimum absolute atomic E-state index is 0.285. The van der Waals surface area contributed by atoms with Crippen molar-refractivity contribution in [1.29, 1.82) is 0 Å². The Morgan fingerprint density at radius 2 is 1.55 bits per heavy atom. The molecule has 0 radical (unpaired) electrons. The van der Waals surface area contributed by atoms with Crippen LogP contribution in [0.5, 0.6) is 0 Å². The highest BCUT2D eigenvalue weighted by atomic mass is 28.1. The van der Waals surface area contributed by atoms with Crippen LogP contribution in [0.1, 0.15) is 51.9 Å². The molecule has 0 spiro atoms. The molecule has 0 aliphatic rings. The van der Waals surface area contributed by atoms with Crippen molar-refractivity contribution >= 4 is 16.2 Å². The third-order valence-electron chi connectivity index (χ3n) is 3.47. The number of ether oxygens (including phenoxy) is 3. The van der Waals surface area contributed by atoms with Crippen molar-refractivity contribution in [2.24, 2.45) is 0 Å². The van der Waals surface area contributed by atoms with E-state index in [0.717, 1.165) is 35.9 Å². The zero-order valence-corrected chi connectivity index (χ0v) is 15.5. The van der Waals surface area contributed by atoms with Crippen LogP contribution in [-0.4, -0.2) is 42.4 Å². The lowest BCUT2D eigenvalue weighted by Crippen LogP contribution is -2.33. The van der Waals surface area contributed by atoms with Gasteiger partial charge in [-0.3, -0.25) is 0 Å². The van der Waals surface area contributed by atoms with E-state index in [1.54, 1.807) is 21.1 Å². The molecule has 0 aromatic carbocycles. The number of carbonyl (C=O) groups is 1. The van der Waals surface area contributed by atoms with E-state index in [-0.39, 0.29) is 11.4 Å². The number of hydrogen-bond acceptors (Lipinski definition) is 4. The molecule has 0 fully saturated rings. The quantitative estimate of drug-likeness (QED) is 0.182. The lowest BCUT2D eigenvalue weighted by Gasteiger charge is -2.26. The largest absolute Gasteiger partial charge is 0.462 e. The van der Waals surface area contributed by atoms with Crippen molar-refractivity contribution in [3.63, 3.8) is 0 Å². The molecule has 20 heavy (non-hydrogen) atoms. The van der Waals surface area contributed by atoms with E-state index in [1.165, 1.54) is 19.3 Å². The van der Waals surface area contributed by atoms with E-state index in [9.17, 15) is 4.79 Å². The van der Waals surface area contributed by atoms with E-state index < -0.39 is 0 Å². The summed E-state index contributed by atoms with van der Waals surface area (Å²) < 4.78 is 15.8. The fourth-order valence-electron chi connectivity index (χ4n) is 1.83. The monoisotopic (exact) mass is 302 g/mol. The summed E-state index contributed by atoms with van der Waals surface area (Å²) in [6.45, 7) is 5.71. The van der Waals surface area contributed by atoms with Crippen LogP contribution in [0.3, 0.4) is 0 Å². The van der Waals surface area contributed by atoms with Gasteiger partial charge in [0.1, 0.15) is 5.41 Å². The number of rotatable bonds is 12. The molecule has 4 nitrogen and oxygen atoms in total. The SMILES string of the molecule is C=C(C)C(=O)OCCCCCCCCC([SiH3])(OC)OC. The van der Waals surface area contributed by atoms with Crippen molar-refractivity contribution in [2.75, 3.05) is 20.8 Å². The van der Waals surface area contributed by atoms with E-state index in [1.807, 2.05) is 0 Å². The van der Waals surface area contributed by atoms with Gasteiger partial charge in [-0.05, 0) is 26.2 Å². The molecule has 0 saturated heterocycles. The maximum atomic E-state index is 11.1. The van der Waals surface area contributed by atoms with E-state index in [2.05, 4.69) is 6.58 Å². The normalized spacial score (nSPS) is 11.6. The van der Waals surface area contributed by atoms with Gasteiger partial charge in [0.2, 0.25) is 0 Å². The first-order valence-electron chi connectivity index (χ1n) is 7.38. The van der Waals surface area contributed by atoms with Crippen LogP contribution in [0.2, 0.25) is 0 Å². The fourth-order valence-corrected chi connectivity index (χ4v) is 2.18. The highest BCUT2D eigenvalue weighted by Crippen LogP contribution is 2.17. The van der Waals surface area contributed by atoms with Gasteiger partial charge in [-0.1, -0.05) is 32.3 Å². The van der Waals surface area contributed by atoms with E-state index >= 15 is 0 Å². The summed E-state index contributed by atoms with van der Waals surface area (Å²) in [7, 11) is 4.31. The van der Waals surface area contributed by atoms with Crippen molar-refractivity contribution in [1.82, 2.24) is 0 Å². The lowest BCUT2D eigenvalue weighted by atomic mass is 10.1. The average molecular weight is 302 g/mol. The summed E-state index contributed by atoms with van der Waals surface area (Å²) >= 11 is 0. The zero-order valence-electron chi connectivity index (χ0n) is 13.5. The van der Waals surface area contributed by atoms with E-state index in [0.29, 0.717) is 12.2 Å². The summed E-state index contributed by atoms with van der Waals surface area (Å²) in [6, 6.07) is 0. The van der Waals surface area contributed by atoms with Crippen LogP contribution in [0, 0.1) is 0 Å². The molecule has 0 rings (SSSR count). The fraction of sp³-hybridized carbons (Fsp3) is 0.800. The maximum Gasteiger partial charge on any atom is 0.333 e. The van der Waals surface area contributed by atoms with Crippen LogP contribution in [0.15, 0.2) is 12.2 Å². The molecular formula is C15H30O4Si. The van der Waals surface area contributed by atoms with Gasteiger partial charge in [0.15, 0.2) is 0 Å². The summed E-state index contributed by atoms with van der Waals surface area (Å²) in [6.07, 6.45) is 7.72. The molecule has 0 heterocycles. The van der Waals surface area contributed by atoms with Crippen molar-refractivity contribution < 1.29 is 19.0 Å². The number of esters is 1. The number of unbranched alkanes of at least 4 members (excludes halogenated alkanes) is 5. The average Bonchev–Trinajstić information content (AvgIpc) is 2.44. The van der Waals surface area contributed by atoms with Crippen LogP contribution < -0.4 is 0 Å². The van der Waals surface area contributed by atoms with Crippen LogP contribution in [0.4, 0.5) is 0 Å². The van der Waals surface area contributed by atoms with Crippen molar-refractivity contribution in [2.45, 2.75) is 57.3 Å². The first kappa shape index (κ1) is 19.3. The van der Waals surface area contributed by atoms with Gasteiger partial charge < -0.3 is 14.2 Å². The molecule has 0 aromatic heterocycles. The highest BCUT2D eigenvalue weighted by molar-refractivity contribution is 6.13. The van der Waals surface area contributed by atoms with E-state index in [4.69, 9.17) is 14.2 Å². The maximum absolute atomic E-state index is 11.1. The van der Waals surface area contributed by atoms with Gasteiger partial charge in [-0.15, -0.1) is 0 Å². The second-order valence-corrected chi connectivity index (χ2v) is 6.85. The molecule has 5 heteroatoms. The summed E-state index contributed by atoms with van der Waals surface area (Å²) in [5, 5.41) is 0. The predicted molar refractivity (Wildman–Crippen MR) is 84.8 cm³/mol. The summed E-state index contributed by atoms with van der Waals surface area (Å²) in [4.78, 5) is 11.1. The van der Waals surface area contributed by atoms with Gasteiger partial charge in [-0.25, -0.2) is 4.79 Å². The minimum Gasteiger partial charge on any atom is -0.462 e. The van der Waals surface area contributed by atoms with Crippen molar-refractivity contribution in [3.8, 4) is 0 Å². The predicted octanol–water partition coefficient (Wildman–Crippen LogP) is 2.15. The molecule has 0 aliphatic carbocycles. The first-order valence-corrected chi connectivity index (χ1v) is 8.38. The molecule has 0 N–H and O–H groups in total.